The highest BCUT2D eigenvalue weighted by Crippen LogP contribution is 2.48. The van der Waals surface area contributed by atoms with Crippen molar-refractivity contribution >= 4 is 5.78 Å². The summed E-state index contributed by atoms with van der Waals surface area (Å²) in [6, 6.07) is 5.79. The Morgan fingerprint density at radius 2 is 0.852 bits per heavy atom. The topological polar surface area (TPSA) is 81.7 Å². The number of hydrogen-bond donors (Lipinski definition) is 0. The van der Waals surface area contributed by atoms with Crippen molar-refractivity contribution in [3.05, 3.63) is 29.3 Å². The fraction of sp³-hybridized carbons (Fsp3) is 0.717. The van der Waals surface area contributed by atoms with Crippen molar-refractivity contribution in [2.75, 3.05) is 7.11 Å². The molecule has 0 fully saturated rings. The smallest absolute Gasteiger partial charge is 0.176 e. The van der Waals surface area contributed by atoms with Crippen LogP contribution in [0.1, 0.15) is 182 Å². The van der Waals surface area contributed by atoms with Gasteiger partial charge in [0.2, 0.25) is 0 Å². The van der Waals surface area contributed by atoms with Crippen LogP contribution in [0.2, 0.25) is 0 Å². The lowest BCUT2D eigenvalue weighted by Crippen LogP contribution is -2.22. The van der Waals surface area contributed by atoms with Gasteiger partial charge in [0.05, 0.1) is 43.7 Å². The molecular weight excluding hydrogens is 680 g/mol. The summed E-state index contributed by atoms with van der Waals surface area (Å²) in [7, 11) is 1.65. The molecule has 6 atom stereocenters. The van der Waals surface area contributed by atoms with E-state index >= 15 is 4.79 Å². The summed E-state index contributed by atoms with van der Waals surface area (Å²) in [6.07, 6.45) is 11.0. The van der Waals surface area contributed by atoms with Gasteiger partial charge in [-0.1, -0.05) is 80.1 Å². The van der Waals surface area contributed by atoms with E-state index in [9.17, 15) is 0 Å². The highest BCUT2D eigenvalue weighted by Gasteiger charge is 2.31. The molecule has 0 heterocycles. The maximum atomic E-state index is 15.0. The molecule has 0 aliphatic carbocycles. The first-order chi connectivity index (χ1) is 25.8. The van der Waals surface area contributed by atoms with Crippen molar-refractivity contribution in [2.45, 2.75) is 210 Å². The average Bonchev–Trinajstić information content (AvgIpc) is 3.10. The normalized spacial score (nSPS) is 14.7. The monoisotopic (exact) mass is 757 g/mol. The van der Waals surface area contributed by atoms with Crippen LogP contribution in [-0.4, -0.2) is 49.5 Å². The number of carbonyl (C=O) groups excluding carboxylic acids is 1. The van der Waals surface area contributed by atoms with E-state index in [4.69, 9.17) is 33.2 Å². The van der Waals surface area contributed by atoms with Gasteiger partial charge in [-0.3, -0.25) is 4.79 Å². The van der Waals surface area contributed by atoms with Crippen molar-refractivity contribution in [1.82, 2.24) is 0 Å². The Labute approximate surface area is 329 Å². The van der Waals surface area contributed by atoms with Crippen LogP contribution < -0.4 is 33.2 Å². The molecule has 2 aromatic rings. The molecule has 2 aromatic carbocycles. The highest BCUT2D eigenvalue weighted by atomic mass is 16.5. The van der Waals surface area contributed by atoms with Gasteiger partial charge in [-0.15, -0.1) is 0 Å². The van der Waals surface area contributed by atoms with Crippen molar-refractivity contribution in [1.29, 1.82) is 0 Å². The lowest BCUT2D eigenvalue weighted by molar-refractivity contribution is 0.0956. The zero-order chi connectivity index (χ0) is 40.2. The number of carbonyl (C=O) groups is 1. The maximum Gasteiger partial charge on any atom is 0.176 e. The van der Waals surface area contributed by atoms with Crippen molar-refractivity contribution in [2.24, 2.45) is 0 Å². The van der Waals surface area contributed by atoms with Crippen molar-refractivity contribution < 1.29 is 38.0 Å². The number of Topliss-reactive ketones (excluding diaryl/α,β-unsaturated/α-hetero) is 1. The van der Waals surface area contributed by atoms with Gasteiger partial charge in [-0.25, -0.2) is 0 Å². The number of rotatable bonds is 29. The van der Waals surface area contributed by atoms with Crippen LogP contribution in [0, 0.1) is 0 Å². The summed E-state index contributed by atoms with van der Waals surface area (Å²) in [5, 5.41) is 0. The molecule has 8 nitrogen and oxygen atoms in total. The summed E-state index contributed by atoms with van der Waals surface area (Å²) in [5.41, 5.74) is 1.23. The summed E-state index contributed by atoms with van der Waals surface area (Å²) in [4.78, 5) is 15.0. The van der Waals surface area contributed by atoms with E-state index in [1.54, 1.807) is 7.11 Å². The first kappa shape index (κ1) is 46.9. The molecule has 2 rings (SSSR count). The van der Waals surface area contributed by atoms with E-state index in [0.717, 1.165) is 82.6 Å². The third-order valence-corrected chi connectivity index (χ3v) is 9.51. The molecule has 308 valence electrons. The minimum absolute atomic E-state index is 0.0287. The van der Waals surface area contributed by atoms with Gasteiger partial charge in [-0.05, 0) is 92.6 Å². The van der Waals surface area contributed by atoms with Gasteiger partial charge >= 0.3 is 0 Å². The molecule has 0 amide bonds. The molecule has 6 unspecified atom stereocenters. The van der Waals surface area contributed by atoms with Crippen LogP contribution in [0.25, 0.3) is 0 Å². The van der Waals surface area contributed by atoms with Gasteiger partial charge in [0.15, 0.2) is 40.3 Å². The van der Waals surface area contributed by atoms with Gasteiger partial charge in [-0.2, -0.15) is 0 Å². The first-order valence-electron chi connectivity index (χ1n) is 21.3. The number of benzene rings is 2. The van der Waals surface area contributed by atoms with Gasteiger partial charge in [0.1, 0.15) is 11.3 Å². The number of methoxy groups -OCH3 is 1. The molecule has 0 aliphatic rings. The van der Waals surface area contributed by atoms with E-state index in [1.165, 1.54) is 0 Å². The first-order valence-corrected chi connectivity index (χ1v) is 21.3. The van der Waals surface area contributed by atoms with Crippen molar-refractivity contribution in [3.8, 4) is 40.2 Å². The zero-order valence-corrected chi connectivity index (χ0v) is 36.4. The average molecular weight is 757 g/mol. The number of aryl methyl sites for hydroxylation is 1. The molecule has 0 radical (unpaired) electrons. The second-order valence-electron chi connectivity index (χ2n) is 15.2. The fourth-order valence-corrected chi connectivity index (χ4v) is 6.87. The largest absolute Gasteiger partial charge is 0.493 e. The predicted octanol–water partition coefficient (Wildman–Crippen LogP) is 12.9. The number of hydrogen-bond acceptors (Lipinski definition) is 8. The minimum Gasteiger partial charge on any atom is -0.493 e. The summed E-state index contributed by atoms with van der Waals surface area (Å²) in [6.45, 7) is 25.2. The molecular formula is C46H76O8. The van der Waals surface area contributed by atoms with E-state index < -0.39 is 0 Å². The summed E-state index contributed by atoms with van der Waals surface area (Å²) < 4.78 is 45.5. The molecule has 0 N–H and O–H groups in total. The Hall–Kier alpha value is -3.29. The molecule has 0 saturated carbocycles. The highest BCUT2D eigenvalue weighted by molar-refractivity contribution is 6.03. The van der Waals surface area contributed by atoms with Crippen LogP contribution in [0.15, 0.2) is 18.2 Å². The Kier molecular flexibility index (Phi) is 21.7. The fourth-order valence-electron chi connectivity index (χ4n) is 6.87. The molecule has 0 spiro atoms. The Morgan fingerprint density at radius 1 is 0.481 bits per heavy atom. The van der Waals surface area contributed by atoms with Gasteiger partial charge in [0.25, 0.3) is 0 Å². The summed E-state index contributed by atoms with van der Waals surface area (Å²) >= 11 is 0. The third kappa shape index (κ3) is 15.1. The van der Waals surface area contributed by atoms with E-state index in [-0.39, 0.29) is 48.8 Å². The number of ether oxygens (including phenoxy) is 7. The van der Waals surface area contributed by atoms with Crippen LogP contribution in [0.5, 0.6) is 40.2 Å². The van der Waals surface area contributed by atoms with Gasteiger partial charge < -0.3 is 33.2 Å². The molecule has 0 aromatic heterocycles. The minimum atomic E-state index is -0.152. The quantitative estimate of drug-likeness (QED) is 0.0759. The van der Waals surface area contributed by atoms with Crippen LogP contribution in [0.4, 0.5) is 0 Å². The SMILES string of the molecule is CCCC(C)Oc1cc(CCC(=O)c2c(OC(C)CCC)c(OC(C)CCC)cc(OC(C)CCC)c2OC(C)CCC)c(OC(C)CCC)c(OC)c1. The van der Waals surface area contributed by atoms with E-state index in [0.29, 0.717) is 52.2 Å². The van der Waals surface area contributed by atoms with Crippen LogP contribution in [0.3, 0.4) is 0 Å². The van der Waals surface area contributed by atoms with Crippen LogP contribution >= 0.6 is 0 Å². The zero-order valence-electron chi connectivity index (χ0n) is 36.4. The van der Waals surface area contributed by atoms with Crippen LogP contribution in [-0.2, 0) is 6.42 Å². The second kappa shape index (κ2) is 25.0. The van der Waals surface area contributed by atoms with Crippen molar-refractivity contribution in [3.63, 3.8) is 0 Å². The predicted molar refractivity (Wildman–Crippen MR) is 222 cm³/mol. The second-order valence-corrected chi connectivity index (χ2v) is 15.2. The maximum absolute atomic E-state index is 15.0. The Morgan fingerprint density at radius 3 is 1.24 bits per heavy atom. The molecule has 0 saturated heterocycles. The standard InChI is InChI=1S/C46H76O8/c1-14-20-31(7)49-38-28-37(44(40(29-38)48-13)52-34(10)23-17-4)26-27-39(47)43-45(53-35(11)24-18-5)41(50-32(8)21-15-2)30-42(51-33(9)22-16-3)46(43)54-36(12)25-19-6/h28-36H,14-27H2,1-13H3. The molecule has 0 aliphatic heterocycles. The third-order valence-electron chi connectivity index (χ3n) is 9.51. The summed E-state index contributed by atoms with van der Waals surface area (Å²) in [5.74, 6) is 3.69. The number of ketones is 1. The van der Waals surface area contributed by atoms with E-state index in [1.807, 2.05) is 32.0 Å². The van der Waals surface area contributed by atoms with Gasteiger partial charge in [0, 0.05) is 24.1 Å². The Bertz CT molecular complexity index is 1320. The lowest BCUT2D eigenvalue weighted by atomic mass is 9.98. The molecule has 0 bridgehead atoms. The molecule has 8 heteroatoms. The van der Waals surface area contributed by atoms with E-state index in [2.05, 4.69) is 69.2 Å². The lowest BCUT2D eigenvalue weighted by Gasteiger charge is -2.28. The molecule has 54 heavy (non-hydrogen) atoms. The Balaban J connectivity index is 2.87.